The van der Waals surface area contributed by atoms with Crippen LogP contribution >= 0.6 is 0 Å². The van der Waals surface area contributed by atoms with E-state index in [0.29, 0.717) is 55.3 Å². The first-order valence-electron chi connectivity index (χ1n) is 8.98. The van der Waals surface area contributed by atoms with Gasteiger partial charge in [-0.25, -0.2) is 9.18 Å². The number of carbonyl (C=O) groups is 1. The number of amides is 2. The number of anilines is 3. The van der Waals surface area contributed by atoms with Crippen molar-refractivity contribution in [2.75, 3.05) is 55.5 Å². The van der Waals surface area contributed by atoms with Gasteiger partial charge in [-0.15, -0.1) is 0 Å². The number of hydrogen-bond acceptors (Lipinski definition) is 7. The average molecular weight is 389 g/mol. The molecule has 0 spiro atoms. The minimum Gasteiger partial charge on any atom is -0.378 e. The number of carbonyl (C=O) groups excluding carboxylic acids is 1. The Bertz CT molecular complexity index is 841. The molecule has 10 heteroatoms. The summed E-state index contributed by atoms with van der Waals surface area (Å²) in [6.45, 7) is 4.40. The van der Waals surface area contributed by atoms with E-state index in [1.54, 1.807) is 24.0 Å². The number of ether oxygens (including phenoxy) is 1. The molecule has 3 rings (SSSR count). The van der Waals surface area contributed by atoms with Gasteiger partial charge >= 0.3 is 6.03 Å². The lowest BCUT2D eigenvalue weighted by molar-refractivity contribution is 0.122. The summed E-state index contributed by atoms with van der Waals surface area (Å²) in [6, 6.07) is 4.05. The van der Waals surface area contributed by atoms with Crippen molar-refractivity contribution in [1.82, 2.24) is 20.3 Å². The van der Waals surface area contributed by atoms with Crippen molar-refractivity contribution in [3.05, 3.63) is 35.4 Å². The standard InChI is InChI=1S/C18H24FN7O2/c1-12-4-5-13(10-14(12)19)21-18(27)20-11-15-22-16(25(2)3)24-17(23-15)26-6-8-28-9-7-26/h4-5,10H,6-9,11H2,1-3H3,(H2,20,21,27). The number of nitrogens with zero attached hydrogens (tertiary/aromatic N) is 5. The molecular formula is C18H24FN7O2. The first kappa shape index (κ1) is 19.7. The fraction of sp³-hybridized carbons (Fsp3) is 0.444. The van der Waals surface area contributed by atoms with Gasteiger partial charge < -0.3 is 25.2 Å². The maximum atomic E-state index is 13.6. The van der Waals surface area contributed by atoms with Gasteiger partial charge in [0, 0.05) is 32.9 Å². The summed E-state index contributed by atoms with van der Waals surface area (Å²) in [6.07, 6.45) is 0. The molecule has 0 saturated carbocycles. The second-order valence-electron chi connectivity index (χ2n) is 6.62. The Hall–Kier alpha value is -3.01. The van der Waals surface area contributed by atoms with Gasteiger partial charge in [-0.1, -0.05) is 6.07 Å². The Morgan fingerprint density at radius 1 is 1.25 bits per heavy atom. The van der Waals surface area contributed by atoms with Crippen LogP contribution in [0.5, 0.6) is 0 Å². The zero-order valence-corrected chi connectivity index (χ0v) is 16.2. The van der Waals surface area contributed by atoms with Crippen LogP contribution < -0.4 is 20.4 Å². The highest BCUT2D eigenvalue weighted by atomic mass is 19.1. The van der Waals surface area contributed by atoms with Gasteiger partial charge in [0.25, 0.3) is 0 Å². The van der Waals surface area contributed by atoms with Crippen molar-refractivity contribution < 1.29 is 13.9 Å². The van der Waals surface area contributed by atoms with Gasteiger partial charge in [-0.2, -0.15) is 15.0 Å². The van der Waals surface area contributed by atoms with Crippen LogP contribution in [0.1, 0.15) is 11.4 Å². The summed E-state index contributed by atoms with van der Waals surface area (Å²) in [7, 11) is 3.68. The molecule has 28 heavy (non-hydrogen) atoms. The molecule has 1 fully saturated rings. The minimum atomic E-state index is -0.469. The molecule has 1 aromatic carbocycles. The Morgan fingerprint density at radius 2 is 2.00 bits per heavy atom. The van der Waals surface area contributed by atoms with Gasteiger partial charge in [0.1, 0.15) is 5.82 Å². The summed E-state index contributed by atoms with van der Waals surface area (Å²) in [5.41, 5.74) is 0.891. The van der Waals surface area contributed by atoms with E-state index in [9.17, 15) is 9.18 Å². The molecule has 2 heterocycles. The number of morpholine rings is 1. The fourth-order valence-electron chi connectivity index (χ4n) is 2.58. The normalized spacial score (nSPS) is 13.9. The number of aryl methyl sites for hydroxylation is 1. The van der Waals surface area contributed by atoms with Crippen molar-refractivity contribution in [1.29, 1.82) is 0 Å². The highest BCUT2D eigenvalue weighted by molar-refractivity contribution is 5.89. The molecule has 0 aliphatic carbocycles. The molecular weight excluding hydrogens is 365 g/mol. The highest BCUT2D eigenvalue weighted by Gasteiger charge is 2.17. The van der Waals surface area contributed by atoms with E-state index >= 15 is 0 Å². The Morgan fingerprint density at radius 3 is 2.68 bits per heavy atom. The van der Waals surface area contributed by atoms with Gasteiger partial charge in [-0.05, 0) is 24.6 Å². The first-order valence-corrected chi connectivity index (χ1v) is 8.98. The summed E-state index contributed by atoms with van der Waals surface area (Å²) < 4.78 is 19.0. The molecule has 0 bridgehead atoms. The highest BCUT2D eigenvalue weighted by Crippen LogP contribution is 2.15. The first-order chi connectivity index (χ1) is 13.4. The van der Waals surface area contributed by atoms with Gasteiger partial charge in [-0.3, -0.25) is 0 Å². The maximum absolute atomic E-state index is 13.6. The smallest absolute Gasteiger partial charge is 0.319 e. The van der Waals surface area contributed by atoms with Crippen LogP contribution in [0.25, 0.3) is 0 Å². The van der Waals surface area contributed by atoms with E-state index in [0.717, 1.165) is 0 Å². The molecule has 150 valence electrons. The molecule has 2 aromatic rings. The summed E-state index contributed by atoms with van der Waals surface area (Å²) in [5, 5.41) is 5.29. The van der Waals surface area contributed by atoms with Crippen LogP contribution in [-0.4, -0.2) is 61.4 Å². The maximum Gasteiger partial charge on any atom is 0.319 e. The second kappa shape index (κ2) is 8.79. The van der Waals surface area contributed by atoms with E-state index in [-0.39, 0.29) is 12.4 Å². The summed E-state index contributed by atoms with van der Waals surface area (Å²) in [4.78, 5) is 29.3. The lowest BCUT2D eigenvalue weighted by Gasteiger charge is -2.27. The fourth-order valence-corrected chi connectivity index (χ4v) is 2.58. The van der Waals surface area contributed by atoms with Crippen molar-refractivity contribution in [2.45, 2.75) is 13.5 Å². The monoisotopic (exact) mass is 389 g/mol. The van der Waals surface area contributed by atoms with Crippen LogP contribution in [0.3, 0.4) is 0 Å². The van der Waals surface area contributed by atoms with Crippen molar-refractivity contribution in [3.63, 3.8) is 0 Å². The number of hydrogen-bond donors (Lipinski definition) is 2. The van der Waals surface area contributed by atoms with Crippen molar-refractivity contribution in [2.24, 2.45) is 0 Å². The van der Waals surface area contributed by atoms with Gasteiger partial charge in [0.15, 0.2) is 5.82 Å². The number of aromatic nitrogens is 3. The molecule has 0 radical (unpaired) electrons. The van der Waals surface area contributed by atoms with Crippen LogP contribution in [0, 0.1) is 12.7 Å². The van der Waals surface area contributed by atoms with Crippen LogP contribution in [0.4, 0.5) is 26.8 Å². The number of nitrogens with one attached hydrogen (secondary N) is 2. The molecule has 0 atom stereocenters. The molecule has 1 aromatic heterocycles. The van der Waals surface area contributed by atoms with E-state index in [4.69, 9.17) is 4.74 Å². The predicted molar refractivity (Wildman–Crippen MR) is 104 cm³/mol. The van der Waals surface area contributed by atoms with Crippen LogP contribution in [0.2, 0.25) is 0 Å². The SMILES string of the molecule is Cc1ccc(NC(=O)NCc2nc(N(C)C)nc(N3CCOCC3)n2)cc1F. The zero-order chi connectivity index (χ0) is 20.1. The number of urea groups is 1. The zero-order valence-electron chi connectivity index (χ0n) is 16.2. The average Bonchev–Trinajstić information content (AvgIpc) is 2.69. The van der Waals surface area contributed by atoms with Crippen LogP contribution in [0.15, 0.2) is 18.2 Å². The van der Waals surface area contributed by atoms with E-state index in [1.165, 1.54) is 6.07 Å². The molecule has 1 aliphatic heterocycles. The third-order valence-electron chi connectivity index (χ3n) is 4.19. The van der Waals surface area contributed by atoms with E-state index in [1.807, 2.05) is 19.0 Å². The molecule has 1 saturated heterocycles. The third-order valence-corrected chi connectivity index (χ3v) is 4.19. The summed E-state index contributed by atoms with van der Waals surface area (Å²) in [5.74, 6) is 1.13. The quantitative estimate of drug-likeness (QED) is 0.801. The largest absolute Gasteiger partial charge is 0.378 e. The Kier molecular flexibility index (Phi) is 6.19. The topological polar surface area (TPSA) is 95.5 Å². The van der Waals surface area contributed by atoms with Gasteiger partial charge in [0.05, 0.1) is 19.8 Å². The molecule has 2 amide bonds. The van der Waals surface area contributed by atoms with Crippen LogP contribution in [-0.2, 0) is 11.3 Å². The lowest BCUT2D eigenvalue weighted by Crippen LogP contribution is -2.38. The Labute approximate surface area is 162 Å². The van der Waals surface area contributed by atoms with E-state index < -0.39 is 6.03 Å². The number of halogens is 1. The third kappa shape index (κ3) is 5.03. The molecule has 9 nitrogen and oxygen atoms in total. The van der Waals surface area contributed by atoms with Crippen molar-refractivity contribution in [3.8, 4) is 0 Å². The molecule has 0 unspecified atom stereocenters. The Balaban J connectivity index is 1.67. The van der Waals surface area contributed by atoms with E-state index in [2.05, 4.69) is 25.6 Å². The van der Waals surface area contributed by atoms with Crippen molar-refractivity contribution >= 4 is 23.6 Å². The molecule has 1 aliphatic rings. The van der Waals surface area contributed by atoms with Gasteiger partial charge in [0.2, 0.25) is 11.9 Å². The summed E-state index contributed by atoms with van der Waals surface area (Å²) >= 11 is 0. The second-order valence-corrected chi connectivity index (χ2v) is 6.62. The molecule has 2 N–H and O–H groups in total. The number of benzene rings is 1. The minimum absolute atomic E-state index is 0.112. The lowest BCUT2D eigenvalue weighted by atomic mass is 10.2. The predicted octanol–water partition coefficient (Wildman–Crippen LogP) is 1.54. The number of rotatable bonds is 5.